The molecule has 5 rings (SSSR count). The van der Waals surface area contributed by atoms with Crippen LogP contribution in [0.3, 0.4) is 0 Å². The molecule has 0 unspecified atom stereocenters. The third-order valence-corrected chi connectivity index (χ3v) is 6.05. The van der Waals surface area contributed by atoms with E-state index >= 15 is 0 Å². The van der Waals surface area contributed by atoms with Gasteiger partial charge < -0.3 is 24.0 Å². The van der Waals surface area contributed by atoms with Crippen molar-refractivity contribution in [3.05, 3.63) is 53.8 Å². The summed E-state index contributed by atoms with van der Waals surface area (Å²) in [6.45, 7) is 2.15. The summed E-state index contributed by atoms with van der Waals surface area (Å²) in [5.74, 6) is 1.80. The van der Waals surface area contributed by atoms with Crippen molar-refractivity contribution < 1.29 is 28.2 Å². The van der Waals surface area contributed by atoms with E-state index in [0.717, 1.165) is 23.5 Å². The number of carbonyl (C=O) groups excluding carboxylic acids is 2. The molecule has 2 amide bonds. The van der Waals surface area contributed by atoms with Crippen molar-refractivity contribution >= 4 is 11.8 Å². The van der Waals surface area contributed by atoms with Crippen molar-refractivity contribution in [3.8, 4) is 17.2 Å². The Bertz CT molecular complexity index is 988. The maximum Gasteiger partial charge on any atom is 0.260 e. The molecule has 2 aliphatic heterocycles. The number of benzene rings is 2. The Kier molecular flexibility index (Phi) is 5.13. The first kappa shape index (κ1) is 19.7. The summed E-state index contributed by atoms with van der Waals surface area (Å²) < 4.78 is 29.2. The Hall–Kier alpha value is -3.29. The molecule has 0 spiro atoms. The van der Waals surface area contributed by atoms with Crippen molar-refractivity contribution in [2.75, 3.05) is 39.6 Å². The summed E-state index contributed by atoms with van der Waals surface area (Å²) in [4.78, 5) is 28.8. The number of hydrogen-bond donors (Lipinski definition) is 0. The van der Waals surface area contributed by atoms with Crippen molar-refractivity contribution in [3.63, 3.8) is 0 Å². The predicted octanol–water partition coefficient (Wildman–Crippen LogP) is 2.41. The minimum atomic E-state index is -0.351. The van der Waals surface area contributed by atoms with Crippen LogP contribution in [0.2, 0.25) is 0 Å². The molecule has 0 N–H and O–H groups in total. The fraction of sp³-hybridized carbons (Fsp3) is 0.391. The maximum atomic E-state index is 12.9. The van der Waals surface area contributed by atoms with E-state index in [0.29, 0.717) is 31.9 Å². The summed E-state index contributed by atoms with van der Waals surface area (Å²) in [6, 6.07) is 11.4. The molecule has 2 heterocycles. The highest BCUT2D eigenvalue weighted by Gasteiger charge is 2.46. The van der Waals surface area contributed by atoms with Crippen molar-refractivity contribution in [2.45, 2.75) is 12.3 Å². The molecule has 2 aromatic carbocycles. The smallest absolute Gasteiger partial charge is 0.260 e. The van der Waals surface area contributed by atoms with E-state index in [9.17, 15) is 14.0 Å². The molecule has 0 bridgehead atoms. The second-order valence-electron chi connectivity index (χ2n) is 8.01. The summed E-state index contributed by atoms with van der Waals surface area (Å²) in [6.07, 6.45) is 0.836. The van der Waals surface area contributed by atoms with Gasteiger partial charge in [0.1, 0.15) is 11.6 Å². The van der Waals surface area contributed by atoms with E-state index in [1.54, 1.807) is 4.90 Å². The van der Waals surface area contributed by atoms with Gasteiger partial charge in [-0.2, -0.15) is 0 Å². The topological polar surface area (TPSA) is 68.3 Å². The summed E-state index contributed by atoms with van der Waals surface area (Å²) in [5, 5.41) is 0. The highest BCUT2D eigenvalue weighted by atomic mass is 19.1. The number of rotatable bonds is 5. The van der Waals surface area contributed by atoms with Crippen LogP contribution in [0.25, 0.3) is 0 Å². The van der Waals surface area contributed by atoms with Gasteiger partial charge in [0.15, 0.2) is 18.1 Å². The number of hydrogen-bond acceptors (Lipinski definition) is 5. The van der Waals surface area contributed by atoms with Gasteiger partial charge in [0.2, 0.25) is 12.7 Å². The first-order chi connectivity index (χ1) is 15.1. The van der Waals surface area contributed by atoms with Gasteiger partial charge >= 0.3 is 0 Å². The minimum absolute atomic E-state index is 0.00978. The molecule has 3 aliphatic rings. The lowest BCUT2D eigenvalue weighted by molar-refractivity contribution is -0.141. The predicted molar refractivity (Wildman–Crippen MR) is 108 cm³/mol. The SMILES string of the molecule is O=C(COc1ccc(F)cc1)N1CCN(C(=O)[C@H]2C[C@@H]2c2ccc3c(c2)OCO3)CC1. The van der Waals surface area contributed by atoms with Gasteiger partial charge in [0.05, 0.1) is 0 Å². The Morgan fingerprint density at radius 1 is 0.968 bits per heavy atom. The summed E-state index contributed by atoms with van der Waals surface area (Å²) >= 11 is 0. The number of amides is 2. The van der Waals surface area contributed by atoms with Crippen LogP contribution in [-0.2, 0) is 9.59 Å². The number of halogens is 1. The average molecular weight is 426 g/mol. The van der Waals surface area contributed by atoms with E-state index in [2.05, 4.69) is 0 Å². The third-order valence-electron chi connectivity index (χ3n) is 6.05. The Balaban J connectivity index is 1.09. The summed E-state index contributed by atoms with van der Waals surface area (Å²) in [7, 11) is 0. The highest BCUT2D eigenvalue weighted by molar-refractivity contribution is 5.84. The van der Waals surface area contributed by atoms with Gasteiger partial charge in [-0.3, -0.25) is 9.59 Å². The Morgan fingerprint density at radius 2 is 1.68 bits per heavy atom. The van der Waals surface area contributed by atoms with E-state index in [1.807, 2.05) is 23.1 Å². The molecule has 1 saturated heterocycles. The van der Waals surface area contributed by atoms with Crippen LogP contribution in [0, 0.1) is 11.7 Å². The quantitative estimate of drug-likeness (QED) is 0.735. The number of fused-ring (bicyclic) bond motifs is 1. The molecule has 0 radical (unpaired) electrons. The molecule has 2 aromatic rings. The number of carbonyl (C=O) groups is 2. The number of nitrogens with zero attached hydrogens (tertiary/aromatic N) is 2. The molecule has 7 nitrogen and oxygen atoms in total. The summed E-state index contributed by atoms with van der Waals surface area (Å²) in [5.41, 5.74) is 1.11. The fourth-order valence-electron chi connectivity index (χ4n) is 4.16. The van der Waals surface area contributed by atoms with E-state index in [4.69, 9.17) is 14.2 Å². The fourth-order valence-corrected chi connectivity index (χ4v) is 4.16. The molecule has 0 aromatic heterocycles. The van der Waals surface area contributed by atoms with Gasteiger partial charge in [-0.1, -0.05) is 6.07 Å². The standard InChI is InChI=1S/C23H23FN2O5/c24-16-2-4-17(5-3-16)29-13-22(27)25-7-9-26(10-8-25)23(28)19-12-18(19)15-1-6-20-21(11-15)31-14-30-20/h1-6,11,18-19H,7-10,12-14H2/t18-,19+/m1/s1. The highest BCUT2D eigenvalue weighted by Crippen LogP contribution is 2.50. The largest absolute Gasteiger partial charge is 0.484 e. The normalized spacial score (nSPS) is 21.7. The minimum Gasteiger partial charge on any atom is -0.484 e. The molecule has 1 aliphatic carbocycles. The monoisotopic (exact) mass is 426 g/mol. The number of ether oxygens (including phenoxy) is 3. The molecule has 2 atom stereocenters. The maximum absolute atomic E-state index is 12.9. The molecule has 31 heavy (non-hydrogen) atoms. The lowest BCUT2D eigenvalue weighted by atomic mass is 10.1. The van der Waals surface area contributed by atoms with Crippen LogP contribution >= 0.6 is 0 Å². The average Bonchev–Trinajstić information content (AvgIpc) is 3.47. The molecule has 162 valence electrons. The first-order valence-electron chi connectivity index (χ1n) is 10.4. The lowest BCUT2D eigenvalue weighted by Crippen LogP contribution is -2.52. The first-order valence-corrected chi connectivity index (χ1v) is 10.4. The molecule has 8 heteroatoms. The molecule has 1 saturated carbocycles. The van der Waals surface area contributed by atoms with Crippen molar-refractivity contribution in [2.24, 2.45) is 5.92 Å². The second-order valence-corrected chi connectivity index (χ2v) is 8.01. The zero-order valence-electron chi connectivity index (χ0n) is 17.0. The Labute approximate surface area is 179 Å². The zero-order valence-corrected chi connectivity index (χ0v) is 17.0. The van der Waals surface area contributed by atoms with E-state index < -0.39 is 0 Å². The van der Waals surface area contributed by atoms with Crippen LogP contribution in [0.4, 0.5) is 4.39 Å². The van der Waals surface area contributed by atoms with Gasteiger partial charge in [0.25, 0.3) is 5.91 Å². The van der Waals surface area contributed by atoms with Crippen LogP contribution in [0.5, 0.6) is 17.2 Å². The van der Waals surface area contributed by atoms with Gasteiger partial charge in [0, 0.05) is 32.1 Å². The molecular formula is C23H23FN2O5. The van der Waals surface area contributed by atoms with Gasteiger partial charge in [-0.05, 0) is 54.3 Å². The van der Waals surface area contributed by atoms with Gasteiger partial charge in [-0.25, -0.2) is 4.39 Å². The van der Waals surface area contributed by atoms with E-state index in [-0.39, 0.29) is 42.9 Å². The third kappa shape index (κ3) is 4.15. The molecular weight excluding hydrogens is 403 g/mol. The molecule has 2 fully saturated rings. The second kappa shape index (κ2) is 8.09. The zero-order chi connectivity index (χ0) is 21.4. The van der Waals surface area contributed by atoms with E-state index in [1.165, 1.54) is 24.3 Å². The van der Waals surface area contributed by atoms with Crippen LogP contribution in [0.15, 0.2) is 42.5 Å². The van der Waals surface area contributed by atoms with Crippen LogP contribution in [-0.4, -0.2) is 61.2 Å². The van der Waals surface area contributed by atoms with Crippen molar-refractivity contribution in [1.82, 2.24) is 9.80 Å². The van der Waals surface area contributed by atoms with Gasteiger partial charge in [-0.15, -0.1) is 0 Å². The van der Waals surface area contributed by atoms with Crippen molar-refractivity contribution in [1.29, 1.82) is 0 Å². The lowest BCUT2D eigenvalue weighted by Gasteiger charge is -2.35. The Morgan fingerprint density at radius 3 is 2.45 bits per heavy atom. The number of piperazine rings is 1. The van der Waals surface area contributed by atoms with Crippen LogP contribution < -0.4 is 14.2 Å². The van der Waals surface area contributed by atoms with Crippen LogP contribution in [0.1, 0.15) is 17.9 Å².